The number of nitrogens with zero attached hydrogens (tertiary/aromatic N) is 1. The first kappa shape index (κ1) is 11.4. The number of aliphatic hydroxyl groups is 1. The van der Waals surface area contributed by atoms with Crippen LogP contribution < -0.4 is 11.2 Å². The summed E-state index contributed by atoms with van der Waals surface area (Å²) in [6.45, 7) is 1.63. The maximum atomic E-state index is 11.5. The average Bonchev–Trinajstić information content (AvgIpc) is 2.44. The number of hydrogen-bond acceptors (Lipinski definition) is 4. The number of hydrogen-bond donors (Lipinski definition) is 2. The highest BCUT2D eigenvalue weighted by atomic mass is 35.5. The van der Waals surface area contributed by atoms with E-state index in [2.05, 4.69) is 4.98 Å². The van der Waals surface area contributed by atoms with E-state index in [4.69, 9.17) is 16.3 Å². The number of aliphatic hydroxyl groups excluding tert-OH is 1. The molecule has 1 aliphatic heterocycles. The van der Waals surface area contributed by atoms with Gasteiger partial charge in [0, 0.05) is 12.3 Å². The summed E-state index contributed by atoms with van der Waals surface area (Å²) in [5.74, 6) is 0. The van der Waals surface area contributed by atoms with Gasteiger partial charge in [0.25, 0.3) is 5.56 Å². The topological polar surface area (TPSA) is 84.3 Å². The van der Waals surface area contributed by atoms with Crippen molar-refractivity contribution in [3.63, 3.8) is 0 Å². The van der Waals surface area contributed by atoms with Crippen LogP contribution in [0.15, 0.2) is 21.9 Å². The van der Waals surface area contributed by atoms with Crippen LogP contribution in [0.1, 0.15) is 13.2 Å². The third-order valence-electron chi connectivity index (χ3n) is 2.65. The van der Waals surface area contributed by atoms with Crippen molar-refractivity contribution in [1.82, 2.24) is 9.55 Å². The Hall–Kier alpha value is -1.11. The second-order valence-electron chi connectivity index (χ2n) is 3.87. The van der Waals surface area contributed by atoms with Crippen molar-refractivity contribution in [1.29, 1.82) is 0 Å². The standard InChI is InChI=1S/C9H11ClN2O4/c1-9(10)5(13)4-16-7(9)12-3-2-6(14)11-8(12)15/h2-3,5,7,13H,4H2,1H3,(H,11,14,15)/t5-,7-,9-/m1/s1. The Morgan fingerprint density at radius 3 is 2.88 bits per heavy atom. The van der Waals surface area contributed by atoms with Gasteiger partial charge < -0.3 is 9.84 Å². The van der Waals surface area contributed by atoms with Gasteiger partial charge in [-0.05, 0) is 6.92 Å². The van der Waals surface area contributed by atoms with Crippen LogP contribution in [0.25, 0.3) is 0 Å². The van der Waals surface area contributed by atoms with Gasteiger partial charge in [0.05, 0.1) is 6.61 Å². The van der Waals surface area contributed by atoms with Crippen molar-refractivity contribution in [2.75, 3.05) is 6.61 Å². The van der Waals surface area contributed by atoms with Crippen LogP contribution in [0, 0.1) is 0 Å². The Bertz CT molecular complexity index is 507. The SMILES string of the molecule is C[C@@]1(Cl)[C@H](O)CO[C@H]1n1ccc(=O)[nH]c1=O. The number of H-pyrrole nitrogens is 1. The fourth-order valence-corrected chi connectivity index (χ4v) is 1.87. The summed E-state index contributed by atoms with van der Waals surface area (Å²) in [6, 6.07) is 1.20. The molecule has 1 aromatic rings. The molecular formula is C9H11ClN2O4. The Labute approximate surface area is 95.4 Å². The Morgan fingerprint density at radius 1 is 1.69 bits per heavy atom. The summed E-state index contributed by atoms with van der Waals surface area (Å²) < 4.78 is 6.40. The minimum atomic E-state index is -1.10. The Morgan fingerprint density at radius 2 is 2.38 bits per heavy atom. The summed E-state index contributed by atoms with van der Waals surface area (Å²) >= 11 is 6.10. The zero-order valence-electron chi connectivity index (χ0n) is 8.51. The molecule has 1 saturated heterocycles. The van der Waals surface area contributed by atoms with Crippen LogP contribution in [0.2, 0.25) is 0 Å². The lowest BCUT2D eigenvalue weighted by molar-refractivity contribution is 0.0370. The summed E-state index contributed by atoms with van der Waals surface area (Å²) in [6.07, 6.45) is -0.365. The zero-order chi connectivity index (χ0) is 11.9. The highest BCUT2D eigenvalue weighted by Crippen LogP contribution is 2.38. The monoisotopic (exact) mass is 246 g/mol. The van der Waals surface area contributed by atoms with Crippen LogP contribution in [0.5, 0.6) is 0 Å². The molecule has 0 bridgehead atoms. The predicted molar refractivity (Wildman–Crippen MR) is 56.6 cm³/mol. The maximum absolute atomic E-state index is 11.5. The molecule has 6 nitrogen and oxygen atoms in total. The highest BCUT2D eigenvalue weighted by Gasteiger charge is 2.47. The molecular weight excluding hydrogens is 236 g/mol. The van der Waals surface area contributed by atoms with E-state index in [1.165, 1.54) is 12.3 Å². The third-order valence-corrected chi connectivity index (χ3v) is 3.09. The normalized spacial score (nSPS) is 34.2. The number of halogens is 1. The van der Waals surface area contributed by atoms with E-state index in [1.807, 2.05) is 0 Å². The van der Waals surface area contributed by atoms with Crippen molar-refractivity contribution < 1.29 is 9.84 Å². The molecule has 0 unspecified atom stereocenters. The lowest BCUT2D eigenvalue weighted by Crippen LogP contribution is -2.41. The lowest BCUT2D eigenvalue weighted by atomic mass is 10.1. The second kappa shape index (κ2) is 3.73. The molecule has 0 spiro atoms. The third kappa shape index (κ3) is 1.68. The zero-order valence-corrected chi connectivity index (χ0v) is 9.27. The van der Waals surface area contributed by atoms with E-state index in [-0.39, 0.29) is 6.61 Å². The lowest BCUT2D eigenvalue weighted by Gasteiger charge is -2.26. The van der Waals surface area contributed by atoms with Crippen molar-refractivity contribution in [3.05, 3.63) is 33.1 Å². The summed E-state index contributed by atoms with van der Waals surface area (Å²) in [5, 5.41) is 9.59. The molecule has 1 fully saturated rings. The summed E-state index contributed by atoms with van der Waals surface area (Å²) in [7, 11) is 0. The number of alkyl halides is 1. The highest BCUT2D eigenvalue weighted by molar-refractivity contribution is 6.24. The fourth-order valence-electron chi connectivity index (χ4n) is 1.64. The molecule has 2 heterocycles. The van der Waals surface area contributed by atoms with E-state index >= 15 is 0 Å². The molecule has 0 aliphatic carbocycles. The van der Waals surface area contributed by atoms with Gasteiger partial charge in [0.1, 0.15) is 11.0 Å². The largest absolute Gasteiger partial charge is 0.389 e. The number of ether oxygens (including phenoxy) is 1. The predicted octanol–water partition coefficient (Wildman–Crippen LogP) is -0.576. The van der Waals surface area contributed by atoms with Gasteiger partial charge in [-0.1, -0.05) is 0 Å². The van der Waals surface area contributed by atoms with Crippen LogP contribution in [-0.2, 0) is 4.74 Å². The van der Waals surface area contributed by atoms with E-state index < -0.39 is 28.5 Å². The van der Waals surface area contributed by atoms with Crippen LogP contribution in [0.3, 0.4) is 0 Å². The van der Waals surface area contributed by atoms with Crippen molar-refractivity contribution in [3.8, 4) is 0 Å². The van der Waals surface area contributed by atoms with Crippen molar-refractivity contribution in [2.24, 2.45) is 0 Å². The Balaban J connectivity index is 2.46. The maximum Gasteiger partial charge on any atom is 0.330 e. The Kier molecular flexibility index (Phi) is 2.65. The summed E-state index contributed by atoms with van der Waals surface area (Å²) in [5.41, 5.74) is -1.10. The van der Waals surface area contributed by atoms with Gasteiger partial charge in [-0.15, -0.1) is 11.6 Å². The van der Waals surface area contributed by atoms with Crippen LogP contribution in [0.4, 0.5) is 0 Å². The molecule has 0 amide bonds. The smallest absolute Gasteiger partial charge is 0.330 e. The molecule has 3 atom stereocenters. The fraction of sp³-hybridized carbons (Fsp3) is 0.556. The van der Waals surface area contributed by atoms with Gasteiger partial charge in [-0.3, -0.25) is 14.3 Å². The van der Waals surface area contributed by atoms with Crippen LogP contribution in [-0.4, -0.2) is 32.2 Å². The minimum Gasteiger partial charge on any atom is -0.389 e. The number of aromatic nitrogens is 2. The van der Waals surface area contributed by atoms with E-state index in [1.54, 1.807) is 6.92 Å². The van der Waals surface area contributed by atoms with Gasteiger partial charge >= 0.3 is 5.69 Å². The molecule has 88 valence electrons. The molecule has 1 aromatic heterocycles. The number of nitrogens with one attached hydrogen (secondary N) is 1. The second-order valence-corrected chi connectivity index (χ2v) is 4.68. The molecule has 0 saturated carbocycles. The van der Waals surface area contributed by atoms with Gasteiger partial charge in [-0.25, -0.2) is 4.79 Å². The average molecular weight is 247 g/mol. The van der Waals surface area contributed by atoms with Gasteiger partial charge in [0.15, 0.2) is 6.23 Å². The number of rotatable bonds is 1. The minimum absolute atomic E-state index is 0.0518. The van der Waals surface area contributed by atoms with E-state index in [9.17, 15) is 14.7 Å². The van der Waals surface area contributed by atoms with E-state index in [0.717, 1.165) is 4.57 Å². The summed E-state index contributed by atoms with van der Waals surface area (Å²) in [4.78, 5) is 23.4. The quantitative estimate of drug-likeness (QED) is 0.650. The van der Waals surface area contributed by atoms with Crippen molar-refractivity contribution in [2.45, 2.75) is 24.1 Å². The van der Waals surface area contributed by atoms with Crippen molar-refractivity contribution >= 4 is 11.6 Å². The number of aromatic amines is 1. The molecule has 7 heteroatoms. The van der Waals surface area contributed by atoms with E-state index in [0.29, 0.717) is 0 Å². The first-order valence-electron chi connectivity index (χ1n) is 4.73. The van der Waals surface area contributed by atoms with Gasteiger partial charge in [0.2, 0.25) is 0 Å². The molecule has 0 radical (unpaired) electrons. The molecule has 1 aliphatic rings. The molecule has 0 aromatic carbocycles. The van der Waals surface area contributed by atoms with Gasteiger partial charge in [-0.2, -0.15) is 0 Å². The molecule has 16 heavy (non-hydrogen) atoms. The first-order valence-corrected chi connectivity index (χ1v) is 5.11. The molecule has 2 rings (SSSR count). The molecule has 2 N–H and O–H groups in total. The van der Waals surface area contributed by atoms with Crippen LogP contribution >= 0.6 is 11.6 Å². The first-order chi connectivity index (χ1) is 7.43.